The van der Waals surface area contributed by atoms with Gasteiger partial charge in [0.2, 0.25) is 15.9 Å². The summed E-state index contributed by atoms with van der Waals surface area (Å²) in [4.78, 5) is 12.2. The molecule has 8 heteroatoms. The Bertz CT molecular complexity index is 696. The molecule has 0 aromatic heterocycles. The van der Waals surface area contributed by atoms with Crippen LogP contribution >= 0.6 is 11.6 Å². The highest BCUT2D eigenvalue weighted by Crippen LogP contribution is 2.34. The minimum absolute atomic E-state index is 0.279. The van der Waals surface area contributed by atoms with Crippen molar-refractivity contribution in [1.29, 1.82) is 0 Å². The molecule has 130 valence electrons. The SMILES string of the molecule is COc1cc(Cl)c(C)cc1N(CC(=O)NC(C)(C)C)S(C)(=O)=O. The molecule has 0 aliphatic carbocycles. The van der Waals surface area contributed by atoms with Crippen LogP contribution in [0.25, 0.3) is 0 Å². The predicted molar refractivity (Wildman–Crippen MR) is 92.8 cm³/mol. The summed E-state index contributed by atoms with van der Waals surface area (Å²) in [5.74, 6) is -0.118. The van der Waals surface area contributed by atoms with Crippen LogP contribution in [0.3, 0.4) is 0 Å². The number of nitrogens with one attached hydrogen (secondary N) is 1. The van der Waals surface area contributed by atoms with Crippen molar-refractivity contribution in [3.63, 3.8) is 0 Å². The van der Waals surface area contributed by atoms with Crippen molar-refractivity contribution in [2.45, 2.75) is 33.2 Å². The first kappa shape index (κ1) is 19.6. The van der Waals surface area contributed by atoms with Crippen molar-refractivity contribution in [2.24, 2.45) is 0 Å². The van der Waals surface area contributed by atoms with Crippen molar-refractivity contribution in [1.82, 2.24) is 5.32 Å². The molecule has 1 N–H and O–H groups in total. The number of carbonyl (C=O) groups is 1. The molecule has 0 unspecified atom stereocenters. The number of aryl methyl sites for hydroxylation is 1. The lowest BCUT2D eigenvalue weighted by Gasteiger charge is -2.27. The van der Waals surface area contributed by atoms with E-state index in [1.807, 2.05) is 20.8 Å². The maximum atomic E-state index is 12.2. The number of ether oxygens (including phenoxy) is 1. The summed E-state index contributed by atoms with van der Waals surface area (Å²) in [6.07, 6.45) is 1.04. The van der Waals surface area contributed by atoms with Crippen LogP contribution in [0.1, 0.15) is 26.3 Å². The topological polar surface area (TPSA) is 75.7 Å². The van der Waals surface area contributed by atoms with E-state index in [1.54, 1.807) is 13.0 Å². The molecule has 1 aromatic rings. The highest BCUT2D eigenvalue weighted by molar-refractivity contribution is 7.92. The van der Waals surface area contributed by atoms with Crippen LogP contribution in [-0.4, -0.2) is 39.8 Å². The molecular weight excluding hydrogens is 340 g/mol. The number of rotatable bonds is 5. The van der Waals surface area contributed by atoms with Crippen molar-refractivity contribution in [3.8, 4) is 5.75 Å². The Labute approximate surface area is 142 Å². The number of sulfonamides is 1. The van der Waals surface area contributed by atoms with Gasteiger partial charge < -0.3 is 10.1 Å². The fourth-order valence-electron chi connectivity index (χ4n) is 1.98. The smallest absolute Gasteiger partial charge is 0.241 e. The standard InChI is InChI=1S/C15H23ClN2O4S/c1-10-7-12(13(22-5)8-11(10)16)18(23(6,20)21)9-14(19)17-15(2,3)4/h7-8H,9H2,1-6H3,(H,17,19). The second-order valence-corrected chi connectivity index (χ2v) is 8.66. The van der Waals surface area contributed by atoms with Crippen molar-refractivity contribution in [3.05, 3.63) is 22.7 Å². The van der Waals surface area contributed by atoms with Crippen LogP contribution in [-0.2, 0) is 14.8 Å². The summed E-state index contributed by atoms with van der Waals surface area (Å²) in [5, 5.41) is 3.20. The molecule has 1 rings (SSSR count). The maximum absolute atomic E-state index is 12.2. The molecule has 1 amide bonds. The monoisotopic (exact) mass is 362 g/mol. The molecule has 0 atom stereocenters. The van der Waals surface area contributed by atoms with E-state index in [9.17, 15) is 13.2 Å². The highest BCUT2D eigenvalue weighted by Gasteiger charge is 2.26. The van der Waals surface area contributed by atoms with Crippen molar-refractivity contribution in [2.75, 3.05) is 24.2 Å². The largest absolute Gasteiger partial charge is 0.494 e. The van der Waals surface area contributed by atoms with Crippen molar-refractivity contribution >= 4 is 33.2 Å². The maximum Gasteiger partial charge on any atom is 0.241 e. The van der Waals surface area contributed by atoms with Gasteiger partial charge in [-0.3, -0.25) is 9.10 Å². The lowest BCUT2D eigenvalue weighted by molar-refractivity contribution is -0.121. The first-order valence-corrected chi connectivity index (χ1v) is 9.20. The fraction of sp³-hybridized carbons (Fsp3) is 0.533. The third-order valence-corrected chi connectivity index (χ3v) is 4.46. The van der Waals surface area contributed by atoms with E-state index in [4.69, 9.17) is 16.3 Å². The van der Waals surface area contributed by atoms with Gasteiger partial charge in [0.1, 0.15) is 12.3 Å². The number of benzene rings is 1. The highest BCUT2D eigenvalue weighted by atomic mass is 35.5. The lowest BCUT2D eigenvalue weighted by atomic mass is 10.1. The Hall–Kier alpha value is -1.47. The first-order chi connectivity index (χ1) is 10.3. The van der Waals surface area contributed by atoms with Gasteiger partial charge in [0.05, 0.1) is 19.1 Å². The Kier molecular flexibility index (Phi) is 5.93. The molecule has 0 aliphatic heterocycles. The third-order valence-electron chi connectivity index (χ3n) is 2.93. The van der Waals surface area contributed by atoms with Gasteiger partial charge in [-0.15, -0.1) is 0 Å². The number of anilines is 1. The molecule has 0 radical (unpaired) electrons. The van der Waals surface area contributed by atoms with Gasteiger partial charge in [-0.1, -0.05) is 11.6 Å². The Morgan fingerprint density at radius 1 is 1.35 bits per heavy atom. The van der Waals surface area contributed by atoms with Gasteiger partial charge in [0.25, 0.3) is 0 Å². The minimum Gasteiger partial charge on any atom is -0.494 e. The van der Waals surface area contributed by atoms with E-state index in [1.165, 1.54) is 13.2 Å². The van der Waals surface area contributed by atoms with E-state index in [0.29, 0.717) is 10.6 Å². The Morgan fingerprint density at radius 2 is 1.91 bits per heavy atom. The summed E-state index contributed by atoms with van der Waals surface area (Å²) >= 11 is 6.05. The van der Waals surface area contributed by atoms with Crippen molar-refractivity contribution < 1.29 is 17.9 Å². The summed E-state index contributed by atoms with van der Waals surface area (Å²) in [6, 6.07) is 3.12. The molecule has 0 bridgehead atoms. The average molecular weight is 363 g/mol. The van der Waals surface area contributed by atoms with Crippen LogP contribution in [0, 0.1) is 6.92 Å². The summed E-state index contributed by atoms with van der Waals surface area (Å²) in [6.45, 7) is 6.88. The van der Waals surface area contributed by atoms with Crippen LogP contribution in [0.2, 0.25) is 5.02 Å². The molecular formula is C15H23ClN2O4S. The summed E-state index contributed by atoms with van der Waals surface area (Å²) in [7, 11) is -2.26. The number of methoxy groups -OCH3 is 1. The Balaban J connectivity index is 3.29. The van der Waals surface area contributed by atoms with E-state index in [0.717, 1.165) is 10.6 Å². The normalized spacial score (nSPS) is 12.0. The van der Waals surface area contributed by atoms with Crippen LogP contribution in [0.4, 0.5) is 5.69 Å². The number of nitrogens with zero attached hydrogens (tertiary/aromatic N) is 1. The number of carbonyl (C=O) groups excluding carboxylic acids is 1. The molecule has 0 saturated carbocycles. The van der Waals surface area contributed by atoms with Gasteiger partial charge in [-0.05, 0) is 39.3 Å². The van der Waals surface area contributed by atoms with Gasteiger partial charge in [0.15, 0.2) is 0 Å². The molecule has 6 nitrogen and oxygen atoms in total. The van der Waals surface area contributed by atoms with E-state index in [2.05, 4.69) is 5.32 Å². The zero-order valence-corrected chi connectivity index (χ0v) is 15.8. The number of hydrogen-bond donors (Lipinski definition) is 1. The molecule has 0 spiro atoms. The predicted octanol–water partition coefficient (Wildman–Crippen LogP) is 2.34. The zero-order valence-electron chi connectivity index (χ0n) is 14.2. The molecule has 0 fully saturated rings. The van der Waals surface area contributed by atoms with Gasteiger partial charge in [-0.25, -0.2) is 8.42 Å². The fourth-order valence-corrected chi connectivity index (χ4v) is 2.98. The second kappa shape index (κ2) is 6.97. The van der Waals surface area contributed by atoms with Crippen LogP contribution in [0.15, 0.2) is 12.1 Å². The van der Waals surface area contributed by atoms with Gasteiger partial charge in [0, 0.05) is 16.6 Å². The third kappa shape index (κ3) is 5.58. The Morgan fingerprint density at radius 3 is 2.35 bits per heavy atom. The lowest BCUT2D eigenvalue weighted by Crippen LogP contribution is -2.47. The van der Waals surface area contributed by atoms with Crippen LogP contribution in [0.5, 0.6) is 5.75 Å². The number of hydrogen-bond acceptors (Lipinski definition) is 4. The van der Waals surface area contributed by atoms with Gasteiger partial charge in [-0.2, -0.15) is 0 Å². The number of amides is 1. The minimum atomic E-state index is -3.68. The zero-order chi connectivity index (χ0) is 18.0. The molecule has 1 aromatic carbocycles. The average Bonchev–Trinajstić information content (AvgIpc) is 2.35. The van der Waals surface area contributed by atoms with Gasteiger partial charge >= 0.3 is 0 Å². The molecule has 23 heavy (non-hydrogen) atoms. The van der Waals surface area contributed by atoms with E-state index < -0.39 is 21.5 Å². The summed E-state index contributed by atoms with van der Waals surface area (Å²) < 4.78 is 30.5. The van der Waals surface area contributed by atoms with Crippen LogP contribution < -0.4 is 14.4 Å². The first-order valence-electron chi connectivity index (χ1n) is 6.98. The molecule has 0 saturated heterocycles. The molecule has 0 aliphatic rings. The second-order valence-electron chi connectivity index (χ2n) is 6.34. The van der Waals surface area contributed by atoms with E-state index >= 15 is 0 Å². The quantitative estimate of drug-likeness (QED) is 0.872. The summed E-state index contributed by atoms with van der Waals surface area (Å²) in [5.41, 5.74) is 0.508. The van der Waals surface area contributed by atoms with E-state index in [-0.39, 0.29) is 18.0 Å². The molecule has 0 heterocycles. The number of halogens is 1.